The van der Waals surface area contributed by atoms with Gasteiger partial charge in [0.15, 0.2) is 0 Å². The van der Waals surface area contributed by atoms with Crippen LogP contribution < -0.4 is 10.2 Å². The maximum absolute atomic E-state index is 14.2. The van der Waals surface area contributed by atoms with Crippen molar-refractivity contribution < 1.29 is 14.4 Å². The Morgan fingerprint density at radius 3 is 2.38 bits per heavy atom. The number of benzene rings is 4. The summed E-state index contributed by atoms with van der Waals surface area (Å²) in [7, 11) is 0. The average molecular weight is 643 g/mol. The first-order chi connectivity index (χ1) is 21.9. The van der Waals surface area contributed by atoms with Crippen LogP contribution in [0, 0.1) is 0 Å². The summed E-state index contributed by atoms with van der Waals surface area (Å²) in [6.07, 6.45) is 6.27. The van der Waals surface area contributed by atoms with Gasteiger partial charge in [0.25, 0.3) is 5.91 Å². The fourth-order valence-corrected chi connectivity index (χ4v) is 6.99. The smallest absolute Gasteiger partial charge is 0.258 e. The van der Waals surface area contributed by atoms with Gasteiger partial charge in [0.2, 0.25) is 11.8 Å². The third-order valence-electron chi connectivity index (χ3n) is 8.98. The lowest BCUT2D eigenvalue weighted by atomic mass is 9.94. The lowest BCUT2D eigenvalue weighted by Crippen LogP contribution is -2.52. The monoisotopic (exact) mass is 641 g/mol. The lowest BCUT2D eigenvalue weighted by Gasteiger charge is -2.34. The van der Waals surface area contributed by atoms with Gasteiger partial charge in [-0.25, -0.2) is 0 Å². The van der Waals surface area contributed by atoms with Gasteiger partial charge in [-0.1, -0.05) is 103 Å². The number of halogens is 2. The summed E-state index contributed by atoms with van der Waals surface area (Å²) < 4.78 is 0. The molecule has 4 aromatic carbocycles. The highest BCUT2D eigenvalue weighted by Crippen LogP contribution is 2.37. The molecule has 3 amide bonds. The maximum Gasteiger partial charge on any atom is 0.258 e. The number of anilines is 1. The molecule has 8 heteroatoms. The largest absolute Gasteiger partial charge is 0.352 e. The van der Waals surface area contributed by atoms with Gasteiger partial charge in [-0.15, -0.1) is 0 Å². The van der Waals surface area contributed by atoms with Crippen LogP contribution in [0.15, 0.2) is 84.9 Å². The molecule has 6 rings (SSSR count). The topological polar surface area (TPSA) is 69.7 Å². The standard InChI is InChI=1S/C37H37Cl2N3O3/c38-30-20-19-26(22-31(30)39)24-42(33(23-25-10-3-1-4-11-25)36(44)40-28-14-5-2-6-15-28)34(43)18-9-21-41-32-17-8-13-27-12-7-16-29(35(27)32)37(41)45/h1,3-4,7-8,10-13,16-17,19-20,22,28,33H,2,5-6,9,14-15,18,21,23-24H2,(H,40,44)/t33-/m0/s1. The SMILES string of the molecule is O=C(NC1CCCCC1)[C@H](Cc1ccccc1)N(Cc1ccc(Cl)c(Cl)c1)C(=O)CCCN1C(=O)c2cccc3cccc1c23. The molecule has 1 saturated carbocycles. The minimum atomic E-state index is -0.720. The van der Waals surface area contributed by atoms with Crippen molar-refractivity contribution in [2.75, 3.05) is 11.4 Å². The summed E-state index contributed by atoms with van der Waals surface area (Å²) >= 11 is 12.6. The highest BCUT2D eigenvalue weighted by atomic mass is 35.5. The highest BCUT2D eigenvalue weighted by molar-refractivity contribution is 6.42. The molecule has 0 bridgehead atoms. The van der Waals surface area contributed by atoms with Crippen LogP contribution in [0.3, 0.4) is 0 Å². The van der Waals surface area contributed by atoms with Crippen molar-refractivity contribution in [1.82, 2.24) is 10.2 Å². The molecular weight excluding hydrogens is 605 g/mol. The Morgan fingerprint density at radius 2 is 1.62 bits per heavy atom. The minimum absolute atomic E-state index is 0.0456. The van der Waals surface area contributed by atoms with Gasteiger partial charge in [0, 0.05) is 42.9 Å². The second-order valence-corrected chi connectivity index (χ2v) is 12.9. The predicted octanol–water partition coefficient (Wildman–Crippen LogP) is 7.98. The van der Waals surface area contributed by atoms with Crippen LogP contribution in [0.1, 0.15) is 66.4 Å². The van der Waals surface area contributed by atoms with Gasteiger partial charge in [-0.2, -0.15) is 0 Å². The Balaban J connectivity index is 1.24. The van der Waals surface area contributed by atoms with Crippen LogP contribution >= 0.6 is 23.2 Å². The molecule has 1 aliphatic heterocycles. The van der Waals surface area contributed by atoms with Crippen LogP contribution in [0.5, 0.6) is 0 Å². The van der Waals surface area contributed by atoms with Crippen molar-refractivity contribution in [3.63, 3.8) is 0 Å². The van der Waals surface area contributed by atoms with Gasteiger partial charge >= 0.3 is 0 Å². The van der Waals surface area contributed by atoms with Crippen LogP contribution in [0.25, 0.3) is 10.8 Å². The molecule has 0 spiro atoms. The van der Waals surface area contributed by atoms with Crippen molar-refractivity contribution in [3.05, 3.63) is 112 Å². The van der Waals surface area contributed by atoms with Crippen molar-refractivity contribution in [2.45, 2.75) is 70.0 Å². The maximum atomic E-state index is 14.2. The van der Waals surface area contributed by atoms with Gasteiger partial charge in [-0.05, 0) is 60.0 Å². The fraction of sp³-hybridized carbons (Fsp3) is 0.324. The van der Waals surface area contributed by atoms with Crippen molar-refractivity contribution in [2.24, 2.45) is 0 Å². The van der Waals surface area contributed by atoms with E-state index in [2.05, 4.69) is 5.32 Å². The fourth-order valence-electron chi connectivity index (χ4n) is 6.67. The van der Waals surface area contributed by atoms with E-state index in [4.69, 9.17) is 23.2 Å². The normalized spacial score (nSPS) is 15.3. The first kappa shape index (κ1) is 31.1. The molecule has 4 aromatic rings. The van der Waals surface area contributed by atoms with Crippen LogP contribution in [0.4, 0.5) is 5.69 Å². The van der Waals surface area contributed by atoms with Gasteiger partial charge < -0.3 is 15.1 Å². The lowest BCUT2D eigenvalue weighted by molar-refractivity contribution is -0.141. The Morgan fingerprint density at radius 1 is 0.867 bits per heavy atom. The molecule has 0 aromatic heterocycles. The summed E-state index contributed by atoms with van der Waals surface area (Å²) in [6.45, 7) is 0.606. The summed E-state index contributed by atoms with van der Waals surface area (Å²) in [4.78, 5) is 45.0. The average Bonchev–Trinajstić information content (AvgIpc) is 3.33. The van der Waals surface area contributed by atoms with E-state index in [1.165, 1.54) is 6.42 Å². The van der Waals surface area contributed by atoms with E-state index < -0.39 is 6.04 Å². The highest BCUT2D eigenvalue weighted by Gasteiger charge is 2.33. The molecule has 0 unspecified atom stereocenters. The van der Waals surface area contributed by atoms with E-state index >= 15 is 0 Å². The predicted molar refractivity (Wildman–Crippen MR) is 181 cm³/mol. The number of nitrogens with one attached hydrogen (secondary N) is 1. The molecule has 1 aliphatic carbocycles. The third kappa shape index (κ3) is 7.03. The Kier molecular flexibility index (Phi) is 9.72. The van der Waals surface area contributed by atoms with Crippen molar-refractivity contribution in [3.8, 4) is 0 Å². The molecule has 1 N–H and O–H groups in total. The molecule has 6 nitrogen and oxygen atoms in total. The van der Waals surface area contributed by atoms with Crippen LogP contribution in [-0.2, 0) is 22.6 Å². The van der Waals surface area contributed by atoms with Crippen LogP contribution in [0.2, 0.25) is 10.0 Å². The van der Waals surface area contributed by atoms with Gasteiger partial charge in [0.05, 0.1) is 15.7 Å². The zero-order valence-corrected chi connectivity index (χ0v) is 26.7. The van der Waals surface area contributed by atoms with E-state index in [0.717, 1.165) is 53.3 Å². The number of carbonyl (C=O) groups excluding carboxylic acids is 3. The molecule has 232 valence electrons. The number of hydrogen-bond acceptors (Lipinski definition) is 3. The first-order valence-corrected chi connectivity index (χ1v) is 16.6. The Labute approximate surface area is 274 Å². The quantitative estimate of drug-likeness (QED) is 0.180. The molecule has 1 fully saturated rings. The van der Waals surface area contributed by atoms with E-state index in [-0.39, 0.29) is 36.7 Å². The first-order valence-electron chi connectivity index (χ1n) is 15.8. The van der Waals surface area contributed by atoms with E-state index in [1.54, 1.807) is 21.9 Å². The number of rotatable bonds is 11. The second-order valence-electron chi connectivity index (χ2n) is 12.1. The number of amides is 3. The second kappa shape index (κ2) is 14.1. The number of carbonyl (C=O) groups is 3. The minimum Gasteiger partial charge on any atom is -0.352 e. The van der Waals surface area contributed by atoms with Crippen LogP contribution in [-0.4, -0.2) is 41.2 Å². The van der Waals surface area contributed by atoms with Gasteiger partial charge in [-0.3, -0.25) is 14.4 Å². The van der Waals surface area contributed by atoms with E-state index in [9.17, 15) is 14.4 Å². The molecular formula is C37H37Cl2N3O3. The summed E-state index contributed by atoms with van der Waals surface area (Å²) in [5.74, 6) is -0.338. The molecule has 1 atom stereocenters. The third-order valence-corrected chi connectivity index (χ3v) is 9.72. The van der Waals surface area contributed by atoms with Crippen molar-refractivity contribution >= 4 is 57.4 Å². The molecule has 1 heterocycles. The summed E-state index contributed by atoms with van der Waals surface area (Å²) in [5, 5.41) is 6.09. The number of nitrogens with zero attached hydrogens (tertiary/aromatic N) is 2. The van der Waals surface area contributed by atoms with E-state index in [1.807, 2.05) is 72.8 Å². The Hall–Kier alpha value is -3.87. The van der Waals surface area contributed by atoms with Crippen molar-refractivity contribution in [1.29, 1.82) is 0 Å². The molecule has 0 saturated heterocycles. The summed E-state index contributed by atoms with van der Waals surface area (Å²) in [5.41, 5.74) is 3.33. The zero-order valence-electron chi connectivity index (χ0n) is 25.2. The molecule has 45 heavy (non-hydrogen) atoms. The number of hydrogen-bond donors (Lipinski definition) is 1. The van der Waals surface area contributed by atoms with E-state index in [0.29, 0.717) is 35.0 Å². The molecule has 2 aliphatic rings. The Bertz CT molecular complexity index is 1700. The molecule has 0 radical (unpaired) electrons. The zero-order chi connectivity index (χ0) is 31.3. The van der Waals surface area contributed by atoms with Gasteiger partial charge in [0.1, 0.15) is 6.04 Å². The summed E-state index contributed by atoms with van der Waals surface area (Å²) in [6, 6.07) is 26.2.